The number of aliphatic carboxylic acids is 1. The Kier molecular flexibility index (Phi) is 4.10. The summed E-state index contributed by atoms with van der Waals surface area (Å²) in [5.74, 6) is -1.13. The predicted molar refractivity (Wildman–Crippen MR) is 57.4 cm³/mol. The summed E-state index contributed by atoms with van der Waals surface area (Å²) >= 11 is 0. The van der Waals surface area contributed by atoms with Gasteiger partial charge in [-0.2, -0.15) is 18.4 Å². The van der Waals surface area contributed by atoms with Gasteiger partial charge in [0.2, 0.25) is 0 Å². The maximum atomic E-state index is 12.7. The fourth-order valence-corrected chi connectivity index (χ4v) is 1.30. The van der Waals surface area contributed by atoms with Crippen molar-refractivity contribution in [3.8, 4) is 6.07 Å². The van der Waals surface area contributed by atoms with Crippen LogP contribution < -0.4 is 0 Å². The molecule has 1 aromatic carbocycles. The molecule has 1 aromatic rings. The summed E-state index contributed by atoms with van der Waals surface area (Å²) in [6.45, 7) is 0. The molecule has 94 valence electrons. The van der Waals surface area contributed by atoms with Gasteiger partial charge >= 0.3 is 12.1 Å². The molecule has 0 radical (unpaired) electrons. The van der Waals surface area contributed by atoms with Crippen LogP contribution in [0.15, 0.2) is 24.3 Å². The quantitative estimate of drug-likeness (QED) is 0.902. The fourth-order valence-electron chi connectivity index (χ4n) is 1.30. The van der Waals surface area contributed by atoms with Crippen molar-refractivity contribution in [3.63, 3.8) is 0 Å². The van der Waals surface area contributed by atoms with Crippen molar-refractivity contribution in [2.75, 3.05) is 0 Å². The molecule has 0 fully saturated rings. The zero-order chi connectivity index (χ0) is 13.8. The van der Waals surface area contributed by atoms with Gasteiger partial charge in [0.15, 0.2) is 0 Å². The number of carbonyl (C=O) groups is 1. The number of carboxylic acid groups (broad SMARTS) is 1. The summed E-state index contributed by atoms with van der Waals surface area (Å²) in [6.07, 6.45) is -2.75. The largest absolute Gasteiger partial charge is 0.481 e. The van der Waals surface area contributed by atoms with Crippen LogP contribution in [0.5, 0.6) is 0 Å². The van der Waals surface area contributed by atoms with Crippen LogP contribution in [0.2, 0.25) is 0 Å². The van der Waals surface area contributed by atoms with E-state index in [9.17, 15) is 18.0 Å². The minimum Gasteiger partial charge on any atom is -0.481 e. The van der Waals surface area contributed by atoms with Crippen LogP contribution in [-0.2, 0) is 11.0 Å². The van der Waals surface area contributed by atoms with Crippen molar-refractivity contribution in [3.05, 3.63) is 41.0 Å². The van der Waals surface area contributed by atoms with E-state index >= 15 is 0 Å². The van der Waals surface area contributed by atoms with Gasteiger partial charge in [-0.3, -0.25) is 4.79 Å². The Morgan fingerprint density at radius 1 is 1.44 bits per heavy atom. The molecule has 6 heteroatoms. The molecule has 0 saturated carbocycles. The number of hydrogen-bond donors (Lipinski definition) is 1. The topological polar surface area (TPSA) is 61.1 Å². The second-order valence-corrected chi connectivity index (χ2v) is 3.41. The molecular weight excluding hydrogens is 247 g/mol. The Hall–Kier alpha value is -2.29. The molecule has 0 aliphatic heterocycles. The molecule has 18 heavy (non-hydrogen) atoms. The highest BCUT2D eigenvalue weighted by Crippen LogP contribution is 2.33. The number of nitrogens with zero attached hydrogens (tertiary/aromatic N) is 1. The van der Waals surface area contributed by atoms with Gasteiger partial charge < -0.3 is 5.11 Å². The summed E-state index contributed by atoms with van der Waals surface area (Å²) in [4.78, 5) is 10.3. The third kappa shape index (κ3) is 3.63. The zero-order valence-corrected chi connectivity index (χ0v) is 9.03. The van der Waals surface area contributed by atoms with Gasteiger partial charge in [0, 0.05) is 0 Å². The molecule has 0 spiro atoms. The number of rotatable bonds is 3. The van der Waals surface area contributed by atoms with Crippen molar-refractivity contribution in [1.82, 2.24) is 0 Å². The molecule has 3 nitrogen and oxygen atoms in total. The van der Waals surface area contributed by atoms with E-state index in [-0.39, 0.29) is 17.5 Å². The fraction of sp³-hybridized carbons (Fsp3) is 0.167. The maximum Gasteiger partial charge on any atom is 0.417 e. The normalized spacial score (nSPS) is 11.4. The molecule has 0 aliphatic rings. The Morgan fingerprint density at radius 2 is 2.11 bits per heavy atom. The highest BCUT2D eigenvalue weighted by Gasteiger charge is 2.32. The Labute approximate surface area is 101 Å². The first-order valence-electron chi connectivity index (χ1n) is 4.84. The van der Waals surface area contributed by atoms with Crippen LogP contribution in [-0.4, -0.2) is 11.1 Å². The summed E-state index contributed by atoms with van der Waals surface area (Å²) < 4.78 is 38.1. The first-order chi connectivity index (χ1) is 8.34. The molecule has 0 saturated heterocycles. The number of hydrogen-bond acceptors (Lipinski definition) is 2. The average molecular weight is 255 g/mol. The molecule has 1 N–H and O–H groups in total. The van der Waals surface area contributed by atoms with E-state index in [0.29, 0.717) is 0 Å². The van der Waals surface area contributed by atoms with E-state index < -0.39 is 17.7 Å². The van der Waals surface area contributed by atoms with E-state index in [4.69, 9.17) is 10.4 Å². The predicted octanol–water partition coefficient (Wildman–Crippen LogP) is 3.06. The van der Waals surface area contributed by atoms with Gasteiger partial charge in [-0.15, -0.1) is 0 Å². The smallest absolute Gasteiger partial charge is 0.417 e. The minimum absolute atomic E-state index is 0.0993. The van der Waals surface area contributed by atoms with E-state index in [0.717, 1.165) is 24.3 Å². The number of nitriles is 1. The van der Waals surface area contributed by atoms with Crippen LogP contribution in [0.25, 0.3) is 6.08 Å². The molecule has 0 heterocycles. The van der Waals surface area contributed by atoms with Gasteiger partial charge in [-0.05, 0) is 17.7 Å². The standard InChI is InChI=1S/C12H8F3NO2/c13-12(14,15)10-6-8(7-16)4-5-9(10)2-1-3-11(17)18/h1-2,4-6H,3H2,(H,17,18). The van der Waals surface area contributed by atoms with Crippen LogP contribution in [0, 0.1) is 11.3 Å². The Morgan fingerprint density at radius 3 is 2.61 bits per heavy atom. The molecule has 1 rings (SSSR count). The molecule has 0 aromatic heterocycles. The second-order valence-electron chi connectivity index (χ2n) is 3.41. The van der Waals surface area contributed by atoms with Crippen LogP contribution in [0.1, 0.15) is 23.1 Å². The number of benzene rings is 1. The first-order valence-corrected chi connectivity index (χ1v) is 4.84. The van der Waals surface area contributed by atoms with E-state index in [1.807, 2.05) is 0 Å². The lowest BCUT2D eigenvalue weighted by atomic mass is 10.0. The SMILES string of the molecule is N#Cc1ccc(C=CCC(=O)O)c(C(F)(F)F)c1. The average Bonchev–Trinajstić information content (AvgIpc) is 2.27. The molecule has 0 unspecified atom stereocenters. The van der Waals surface area contributed by atoms with Crippen LogP contribution >= 0.6 is 0 Å². The van der Waals surface area contributed by atoms with Crippen LogP contribution in [0.3, 0.4) is 0 Å². The Balaban J connectivity index is 3.16. The lowest BCUT2D eigenvalue weighted by molar-refractivity contribution is -0.138. The number of halogens is 3. The van der Waals surface area contributed by atoms with Crippen molar-refractivity contribution in [2.45, 2.75) is 12.6 Å². The molecule has 0 amide bonds. The monoisotopic (exact) mass is 255 g/mol. The molecule has 0 aliphatic carbocycles. The van der Waals surface area contributed by atoms with E-state index in [1.165, 1.54) is 6.07 Å². The summed E-state index contributed by atoms with van der Waals surface area (Å²) in [5.41, 5.74) is -1.22. The Bertz CT molecular complexity index is 527. The minimum atomic E-state index is -4.59. The zero-order valence-electron chi connectivity index (χ0n) is 9.03. The maximum absolute atomic E-state index is 12.7. The van der Waals surface area contributed by atoms with Crippen LogP contribution in [0.4, 0.5) is 13.2 Å². The lowest BCUT2D eigenvalue weighted by Gasteiger charge is -2.10. The van der Waals surface area contributed by atoms with Gasteiger partial charge in [0.1, 0.15) is 0 Å². The van der Waals surface area contributed by atoms with Crippen molar-refractivity contribution in [2.24, 2.45) is 0 Å². The number of carboxylic acids is 1. The van der Waals surface area contributed by atoms with Gasteiger partial charge in [0.25, 0.3) is 0 Å². The summed E-state index contributed by atoms with van der Waals surface area (Å²) in [5, 5.41) is 16.9. The number of alkyl halides is 3. The van der Waals surface area contributed by atoms with E-state index in [2.05, 4.69) is 0 Å². The third-order valence-electron chi connectivity index (χ3n) is 2.08. The molecular formula is C12H8F3NO2. The van der Waals surface area contributed by atoms with E-state index in [1.54, 1.807) is 6.07 Å². The second kappa shape index (κ2) is 5.36. The van der Waals surface area contributed by atoms with Gasteiger partial charge in [-0.25, -0.2) is 0 Å². The van der Waals surface area contributed by atoms with Crippen molar-refractivity contribution < 1.29 is 23.1 Å². The summed E-state index contributed by atoms with van der Waals surface area (Å²) in [7, 11) is 0. The third-order valence-corrected chi connectivity index (χ3v) is 2.08. The van der Waals surface area contributed by atoms with Crippen molar-refractivity contribution in [1.29, 1.82) is 5.26 Å². The van der Waals surface area contributed by atoms with Crippen molar-refractivity contribution >= 4 is 12.0 Å². The highest BCUT2D eigenvalue weighted by molar-refractivity contribution is 5.70. The first kappa shape index (κ1) is 13.8. The lowest BCUT2D eigenvalue weighted by Crippen LogP contribution is -2.07. The molecule has 0 atom stereocenters. The molecule has 0 bridgehead atoms. The highest BCUT2D eigenvalue weighted by atomic mass is 19.4. The van der Waals surface area contributed by atoms with Gasteiger partial charge in [0.05, 0.1) is 23.6 Å². The summed E-state index contributed by atoms with van der Waals surface area (Å²) in [6, 6.07) is 4.74. The van der Waals surface area contributed by atoms with Gasteiger partial charge in [-0.1, -0.05) is 18.2 Å².